The second kappa shape index (κ2) is 6.88. The molecule has 10 heteroatoms. The summed E-state index contributed by atoms with van der Waals surface area (Å²) in [6, 6.07) is 5.61. The fourth-order valence-corrected chi connectivity index (χ4v) is 2.95. The van der Waals surface area contributed by atoms with Gasteiger partial charge in [0.2, 0.25) is 0 Å². The SMILES string of the molecule is CCCC1CN(Cc2ccccc2NS(=O)(=O)C(F)(F)F)C(=O)O1. The number of rotatable bonds is 6. The molecule has 1 atom stereocenters. The van der Waals surface area contributed by atoms with Crippen LogP contribution in [0.2, 0.25) is 0 Å². The molecule has 1 aromatic rings. The van der Waals surface area contributed by atoms with E-state index in [0.717, 1.165) is 6.42 Å². The molecule has 24 heavy (non-hydrogen) atoms. The first kappa shape index (κ1) is 18.4. The molecule has 6 nitrogen and oxygen atoms in total. The van der Waals surface area contributed by atoms with Gasteiger partial charge >= 0.3 is 21.6 Å². The number of hydrogen-bond acceptors (Lipinski definition) is 4. The van der Waals surface area contributed by atoms with Crippen molar-refractivity contribution in [2.45, 2.75) is 37.9 Å². The van der Waals surface area contributed by atoms with Gasteiger partial charge in [-0.25, -0.2) is 4.79 Å². The van der Waals surface area contributed by atoms with Crippen LogP contribution >= 0.6 is 0 Å². The number of halogens is 3. The average Bonchev–Trinajstić information content (AvgIpc) is 2.80. The van der Waals surface area contributed by atoms with Crippen molar-refractivity contribution in [1.82, 2.24) is 4.90 Å². The molecule has 1 N–H and O–H groups in total. The number of nitrogens with zero attached hydrogens (tertiary/aromatic N) is 1. The van der Waals surface area contributed by atoms with Crippen molar-refractivity contribution < 1.29 is 31.1 Å². The molecule has 1 saturated heterocycles. The first-order valence-electron chi connectivity index (χ1n) is 7.26. The molecule has 0 radical (unpaired) electrons. The molecule has 0 aliphatic carbocycles. The van der Waals surface area contributed by atoms with Crippen molar-refractivity contribution in [1.29, 1.82) is 0 Å². The van der Waals surface area contributed by atoms with Crippen molar-refractivity contribution in [2.75, 3.05) is 11.3 Å². The number of sulfonamides is 1. The van der Waals surface area contributed by atoms with Crippen LogP contribution in [0.3, 0.4) is 0 Å². The van der Waals surface area contributed by atoms with Gasteiger partial charge < -0.3 is 9.64 Å². The zero-order valence-corrected chi connectivity index (χ0v) is 13.7. The third-order valence-electron chi connectivity index (χ3n) is 3.49. The number of benzene rings is 1. The van der Waals surface area contributed by atoms with Crippen LogP contribution in [0.25, 0.3) is 0 Å². The summed E-state index contributed by atoms with van der Waals surface area (Å²) in [5.41, 5.74) is -5.39. The Hall–Kier alpha value is -1.97. The summed E-state index contributed by atoms with van der Waals surface area (Å²) in [5.74, 6) is 0. The highest BCUT2D eigenvalue weighted by atomic mass is 32.2. The predicted octanol–water partition coefficient (Wildman–Crippen LogP) is 3.07. The standard InChI is InChI=1S/C14H17F3N2O4S/c1-2-5-11-9-19(13(20)23-11)8-10-6-3-4-7-12(10)18-24(21,22)14(15,16)17/h3-4,6-7,11,18H,2,5,8-9H2,1H3. The number of hydrogen-bond donors (Lipinski definition) is 1. The number of carbonyl (C=O) groups excluding carboxylic acids is 1. The van der Waals surface area contributed by atoms with Crippen molar-refractivity contribution >= 4 is 21.8 Å². The second-order valence-corrected chi connectivity index (χ2v) is 7.06. The number of amides is 1. The summed E-state index contributed by atoms with van der Waals surface area (Å²) in [5, 5.41) is 0. The van der Waals surface area contributed by atoms with Gasteiger partial charge in [0.15, 0.2) is 0 Å². The number of alkyl halides is 3. The minimum Gasteiger partial charge on any atom is -0.444 e. The first-order valence-corrected chi connectivity index (χ1v) is 8.75. The molecule has 0 saturated carbocycles. The summed E-state index contributed by atoms with van der Waals surface area (Å²) >= 11 is 0. The van der Waals surface area contributed by atoms with Crippen LogP contribution in [0.4, 0.5) is 23.7 Å². The number of carbonyl (C=O) groups is 1. The number of ether oxygens (including phenoxy) is 1. The lowest BCUT2D eigenvalue weighted by Crippen LogP contribution is -2.31. The van der Waals surface area contributed by atoms with Crippen molar-refractivity contribution in [3.63, 3.8) is 0 Å². The molecule has 2 rings (SSSR count). The topological polar surface area (TPSA) is 75.7 Å². The molecular weight excluding hydrogens is 349 g/mol. The Morgan fingerprint density at radius 3 is 2.62 bits per heavy atom. The molecule has 1 heterocycles. The van der Waals surface area contributed by atoms with Crippen LogP contribution in [-0.2, 0) is 21.3 Å². The normalized spacial score (nSPS) is 18.6. The molecule has 0 aromatic heterocycles. The van der Waals surface area contributed by atoms with E-state index in [-0.39, 0.29) is 23.9 Å². The molecule has 1 fully saturated rings. The summed E-state index contributed by atoms with van der Waals surface area (Å²) in [4.78, 5) is 13.1. The quantitative estimate of drug-likeness (QED) is 0.840. The highest BCUT2D eigenvalue weighted by Crippen LogP contribution is 2.28. The molecule has 0 bridgehead atoms. The lowest BCUT2D eigenvalue weighted by Gasteiger charge is -2.17. The van der Waals surface area contributed by atoms with Gasteiger partial charge in [0.25, 0.3) is 0 Å². The van der Waals surface area contributed by atoms with Crippen LogP contribution in [0.5, 0.6) is 0 Å². The molecule has 134 valence electrons. The van der Waals surface area contributed by atoms with Crippen molar-refractivity contribution in [2.24, 2.45) is 0 Å². The molecule has 1 unspecified atom stereocenters. The third kappa shape index (κ3) is 4.11. The van der Waals surface area contributed by atoms with Gasteiger partial charge in [-0.1, -0.05) is 31.5 Å². The van der Waals surface area contributed by atoms with E-state index >= 15 is 0 Å². The molecule has 1 aromatic carbocycles. The van der Waals surface area contributed by atoms with E-state index < -0.39 is 21.6 Å². The van der Waals surface area contributed by atoms with E-state index in [9.17, 15) is 26.4 Å². The van der Waals surface area contributed by atoms with E-state index in [0.29, 0.717) is 13.0 Å². The van der Waals surface area contributed by atoms with E-state index in [2.05, 4.69) is 0 Å². The van der Waals surface area contributed by atoms with Crippen LogP contribution in [0.1, 0.15) is 25.3 Å². The fourth-order valence-electron chi connectivity index (χ4n) is 2.34. The zero-order chi connectivity index (χ0) is 18.0. The summed E-state index contributed by atoms with van der Waals surface area (Å²) < 4.78 is 66.8. The molecule has 0 spiro atoms. The van der Waals surface area contributed by atoms with E-state index in [1.807, 2.05) is 6.92 Å². The molecule has 1 amide bonds. The lowest BCUT2D eigenvalue weighted by atomic mass is 10.1. The van der Waals surface area contributed by atoms with Crippen LogP contribution < -0.4 is 4.72 Å². The Balaban J connectivity index is 2.17. The number of nitrogens with one attached hydrogen (secondary N) is 1. The van der Waals surface area contributed by atoms with Crippen molar-refractivity contribution in [3.05, 3.63) is 29.8 Å². The second-order valence-electron chi connectivity index (χ2n) is 5.38. The number of anilines is 1. The monoisotopic (exact) mass is 366 g/mol. The van der Waals surface area contributed by atoms with Crippen molar-refractivity contribution in [3.8, 4) is 0 Å². The van der Waals surface area contributed by atoms with Gasteiger partial charge in [-0.2, -0.15) is 21.6 Å². The predicted molar refractivity (Wildman–Crippen MR) is 80.6 cm³/mol. The zero-order valence-electron chi connectivity index (χ0n) is 12.8. The van der Waals surface area contributed by atoms with Gasteiger partial charge in [-0.05, 0) is 18.1 Å². The minimum absolute atomic E-state index is 0.0460. The highest BCUT2D eigenvalue weighted by molar-refractivity contribution is 7.93. The Labute approximate surface area is 137 Å². The largest absolute Gasteiger partial charge is 0.516 e. The Kier molecular flexibility index (Phi) is 5.26. The average molecular weight is 366 g/mol. The van der Waals surface area contributed by atoms with E-state index in [1.54, 1.807) is 6.07 Å². The maximum absolute atomic E-state index is 12.5. The van der Waals surface area contributed by atoms with E-state index in [4.69, 9.17) is 4.74 Å². The first-order chi connectivity index (χ1) is 11.1. The molecule has 1 aliphatic heterocycles. The Morgan fingerprint density at radius 1 is 1.33 bits per heavy atom. The Morgan fingerprint density at radius 2 is 2.00 bits per heavy atom. The summed E-state index contributed by atoms with van der Waals surface area (Å²) in [6.45, 7) is 2.21. The smallest absolute Gasteiger partial charge is 0.444 e. The minimum atomic E-state index is -5.52. The van der Waals surface area contributed by atoms with Gasteiger partial charge in [0.05, 0.1) is 18.8 Å². The number of cyclic esters (lactones) is 1. The third-order valence-corrected chi connectivity index (χ3v) is 4.59. The number of para-hydroxylation sites is 1. The molecular formula is C14H17F3N2O4S. The van der Waals surface area contributed by atoms with Gasteiger partial charge in [-0.15, -0.1) is 0 Å². The highest BCUT2D eigenvalue weighted by Gasteiger charge is 2.46. The van der Waals surface area contributed by atoms with Gasteiger partial charge in [0.1, 0.15) is 6.10 Å². The lowest BCUT2D eigenvalue weighted by molar-refractivity contribution is -0.0429. The maximum Gasteiger partial charge on any atom is 0.516 e. The summed E-state index contributed by atoms with van der Waals surface area (Å²) in [7, 11) is -5.52. The van der Waals surface area contributed by atoms with Crippen LogP contribution in [-0.4, -0.2) is 37.6 Å². The van der Waals surface area contributed by atoms with E-state index in [1.165, 1.54) is 27.8 Å². The maximum atomic E-state index is 12.5. The fraction of sp³-hybridized carbons (Fsp3) is 0.500. The van der Waals surface area contributed by atoms with Crippen LogP contribution in [0.15, 0.2) is 24.3 Å². The van der Waals surface area contributed by atoms with Gasteiger partial charge in [0, 0.05) is 0 Å². The molecule has 1 aliphatic rings. The van der Waals surface area contributed by atoms with Gasteiger partial charge in [-0.3, -0.25) is 4.72 Å². The Bertz CT molecular complexity index is 706. The summed E-state index contributed by atoms with van der Waals surface area (Å²) in [6.07, 6.45) is 0.682. The van der Waals surface area contributed by atoms with Crippen LogP contribution in [0, 0.1) is 0 Å².